The summed E-state index contributed by atoms with van der Waals surface area (Å²) in [4.78, 5) is 21.3. The van der Waals surface area contributed by atoms with Crippen molar-refractivity contribution in [2.24, 2.45) is 0 Å². The van der Waals surface area contributed by atoms with Crippen molar-refractivity contribution in [1.29, 1.82) is 0 Å². The van der Waals surface area contributed by atoms with Crippen LogP contribution in [0.4, 0.5) is 0 Å². The summed E-state index contributed by atoms with van der Waals surface area (Å²) in [6.07, 6.45) is 7.28. The first kappa shape index (κ1) is 27.6. The van der Waals surface area contributed by atoms with Crippen LogP contribution in [0.3, 0.4) is 0 Å². The molecule has 0 N–H and O–H groups in total. The molecule has 0 radical (unpaired) electrons. The van der Waals surface area contributed by atoms with E-state index in [1.807, 2.05) is 43.3 Å². The fraction of sp³-hybridized carbons (Fsp3) is 0.417. The van der Waals surface area contributed by atoms with E-state index in [9.17, 15) is 9.59 Å². The lowest BCUT2D eigenvalue weighted by atomic mass is 10.1. The summed E-state index contributed by atoms with van der Waals surface area (Å²) in [6.45, 7) is 16.7. The molecule has 0 aliphatic rings. The molecule has 0 saturated carbocycles. The van der Waals surface area contributed by atoms with Gasteiger partial charge in [0.1, 0.15) is 0 Å². The van der Waals surface area contributed by atoms with Gasteiger partial charge < -0.3 is 9.47 Å². The van der Waals surface area contributed by atoms with Crippen LogP contribution in [-0.2, 0) is 19.1 Å². The summed E-state index contributed by atoms with van der Waals surface area (Å²) in [7, 11) is 1.33. The average Bonchev–Trinajstić information content (AvgIpc) is 2.72. The minimum Gasteiger partial charge on any atom is -0.466 e. The normalized spacial score (nSPS) is 8.86. The zero-order chi connectivity index (χ0) is 21.8. The first-order valence-corrected chi connectivity index (χ1v) is 9.60. The molecule has 0 unspecified atom stereocenters. The maximum atomic E-state index is 11.1. The van der Waals surface area contributed by atoms with Gasteiger partial charge in [-0.1, -0.05) is 82.3 Å². The van der Waals surface area contributed by atoms with Gasteiger partial charge in [-0.05, 0) is 32.3 Å². The minimum absolute atomic E-state index is 0.237. The Hall–Kier alpha value is -2.62. The van der Waals surface area contributed by atoms with Crippen molar-refractivity contribution in [2.45, 2.75) is 52.9 Å². The molecule has 0 aliphatic carbocycles. The minimum atomic E-state index is -0.347. The van der Waals surface area contributed by atoms with Crippen molar-refractivity contribution in [2.75, 3.05) is 13.7 Å². The number of hydrogen-bond acceptors (Lipinski definition) is 4. The molecule has 0 aliphatic heterocycles. The lowest BCUT2D eigenvalue weighted by molar-refractivity contribution is -0.138. The number of esters is 2. The van der Waals surface area contributed by atoms with E-state index in [4.69, 9.17) is 4.74 Å². The van der Waals surface area contributed by atoms with Gasteiger partial charge >= 0.3 is 11.9 Å². The molecule has 0 heterocycles. The summed E-state index contributed by atoms with van der Waals surface area (Å²) >= 11 is 0. The summed E-state index contributed by atoms with van der Waals surface area (Å²) in [5.74, 6) is -0.584. The highest BCUT2D eigenvalue weighted by Gasteiger charge is 2.06. The van der Waals surface area contributed by atoms with Crippen molar-refractivity contribution in [3.63, 3.8) is 0 Å². The van der Waals surface area contributed by atoms with Crippen LogP contribution in [0, 0.1) is 0 Å². The molecule has 0 bridgehead atoms. The Morgan fingerprint density at radius 2 is 1.61 bits per heavy atom. The molecule has 0 spiro atoms. The van der Waals surface area contributed by atoms with Gasteiger partial charge in [0.05, 0.1) is 13.7 Å². The van der Waals surface area contributed by atoms with Crippen molar-refractivity contribution in [3.05, 3.63) is 66.8 Å². The first-order valence-electron chi connectivity index (χ1n) is 9.60. The van der Waals surface area contributed by atoms with Crippen LogP contribution in [0.25, 0.3) is 6.08 Å². The smallest absolute Gasteiger partial charge is 0.333 e. The quantitative estimate of drug-likeness (QED) is 0.289. The number of carbonyl (C=O) groups is 2. The van der Waals surface area contributed by atoms with E-state index in [0.29, 0.717) is 17.8 Å². The van der Waals surface area contributed by atoms with Gasteiger partial charge in [-0.3, -0.25) is 0 Å². The van der Waals surface area contributed by atoms with Gasteiger partial charge in [0.25, 0.3) is 0 Å². The Kier molecular flexibility index (Phi) is 18.9. The molecule has 1 rings (SSSR count). The van der Waals surface area contributed by atoms with E-state index in [1.165, 1.54) is 31.9 Å². The summed E-state index contributed by atoms with van der Waals surface area (Å²) in [6, 6.07) is 10.0. The number of rotatable bonds is 9. The highest BCUT2D eigenvalue weighted by Crippen LogP contribution is 2.09. The number of benzene rings is 1. The van der Waals surface area contributed by atoms with Crippen LogP contribution < -0.4 is 0 Å². The lowest BCUT2D eigenvalue weighted by Gasteiger charge is -2.04. The van der Waals surface area contributed by atoms with Crippen LogP contribution in [0.1, 0.15) is 58.4 Å². The molecular formula is C24H36O4. The van der Waals surface area contributed by atoms with Crippen molar-refractivity contribution < 1.29 is 19.1 Å². The molecule has 4 nitrogen and oxygen atoms in total. The van der Waals surface area contributed by atoms with Crippen LogP contribution in [0.5, 0.6) is 0 Å². The van der Waals surface area contributed by atoms with E-state index in [0.717, 1.165) is 12.8 Å². The van der Waals surface area contributed by atoms with E-state index >= 15 is 0 Å². The average molecular weight is 389 g/mol. The molecule has 0 fully saturated rings. The van der Waals surface area contributed by atoms with Gasteiger partial charge in [0, 0.05) is 11.1 Å². The van der Waals surface area contributed by atoms with Crippen molar-refractivity contribution in [1.82, 2.24) is 0 Å². The number of carbonyl (C=O) groups excluding carboxylic acids is 2. The fourth-order valence-electron chi connectivity index (χ4n) is 1.86. The second-order valence-electron chi connectivity index (χ2n) is 6.02. The zero-order valence-corrected chi connectivity index (χ0v) is 18.0. The maximum absolute atomic E-state index is 11.1. The number of ether oxygens (including phenoxy) is 2. The van der Waals surface area contributed by atoms with Crippen LogP contribution in [-0.4, -0.2) is 25.7 Å². The van der Waals surface area contributed by atoms with E-state index in [2.05, 4.69) is 31.4 Å². The highest BCUT2D eigenvalue weighted by molar-refractivity contribution is 5.87. The SMILES string of the molecule is C=C(C)C(=O)OC.C=C(CCCCCC)C(=O)OCC.C=Cc1ccccc1. The Balaban J connectivity index is 0. The number of methoxy groups -OCH3 is 1. The number of hydrogen-bond donors (Lipinski definition) is 0. The lowest BCUT2D eigenvalue weighted by Crippen LogP contribution is -2.06. The van der Waals surface area contributed by atoms with E-state index < -0.39 is 0 Å². The van der Waals surface area contributed by atoms with Crippen LogP contribution >= 0.6 is 0 Å². The fourth-order valence-corrected chi connectivity index (χ4v) is 1.86. The van der Waals surface area contributed by atoms with Gasteiger partial charge in [-0.2, -0.15) is 0 Å². The Labute approximate surface area is 170 Å². The summed E-state index contributed by atoms with van der Waals surface area (Å²) in [5, 5.41) is 0. The molecular weight excluding hydrogens is 352 g/mol. The predicted octanol–water partition coefficient (Wildman–Crippen LogP) is 6.14. The molecule has 0 saturated heterocycles. The van der Waals surface area contributed by atoms with Crippen LogP contribution in [0.2, 0.25) is 0 Å². The maximum Gasteiger partial charge on any atom is 0.333 e. The monoisotopic (exact) mass is 388 g/mol. The Bertz CT molecular complexity index is 588. The molecule has 4 heteroatoms. The van der Waals surface area contributed by atoms with Gasteiger partial charge in [-0.15, -0.1) is 0 Å². The second-order valence-corrected chi connectivity index (χ2v) is 6.02. The third-order valence-electron chi connectivity index (χ3n) is 3.47. The summed E-state index contributed by atoms with van der Waals surface area (Å²) in [5.41, 5.74) is 2.22. The first-order chi connectivity index (χ1) is 13.3. The van der Waals surface area contributed by atoms with Crippen LogP contribution in [0.15, 0.2) is 61.2 Å². The zero-order valence-electron chi connectivity index (χ0n) is 18.0. The third-order valence-corrected chi connectivity index (χ3v) is 3.47. The Morgan fingerprint density at radius 1 is 1.00 bits per heavy atom. The number of unbranched alkanes of at least 4 members (excludes halogenated alkanes) is 3. The topological polar surface area (TPSA) is 52.6 Å². The van der Waals surface area contributed by atoms with Gasteiger partial charge in [0.15, 0.2) is 0 Å². The molecule has 0 atom stereocenters. The summed E-state index contributed by atoms with van der Waals surface area (Å²) < 4.78 is 9.10. The molecule has 156 valence electrons. The largest absolute Gasteiger partial charge is 0.466 e. The van der Waals surface area contributed by atoms with Crippen molar-refractivity contribution >= 4 is 18.0 Å². The van der Waals surface area contributed by atoms with Crippen molar-refractivity contribution in [3.8, 4) is 0 Å². The van der Waals surface area contributed by atoms with E-state index in [1.54, 1.807) is 6.92 Å². The highest BCUT2D eigenvalue weighted by atomic mass is 16.5. The second kappa shape index (κ2) is 19.2. The third kappa shape index (κ3) is 16.8. The molecule has 0 amide bonds. The molecule has 1 aromatic rings. The molecule has 0 aromatic heterocycles. The molecule has 1 aromatic carbocycles. The molecule has 28 heavy (non-hydrogen) atoms. The van der Waals surface area contributed by atoms with Gasteiger partial charge in [0.2, 0.25) is 0 Å². The van der Waals surface area contributed by atoms with Gasteiger partial charge in [-0.25, -0.2) is 9.59 Å². The predicted molar refractivity (Wildman–Crippen MR) is 118 cm³/mol. The Morgan fingerprint density at radius 3 is 1.96 bits per heavy atom. The van der Waals surface area contributed by atoms with E-state index in [-0.39, 0.29) is 11.9 Å². The standard InChI is InChI=1S/C11H20O2.C8H8.C5H8O2/c1-4-6-7-8-9-10(3)11(12)13-5-2;1-2-8-6-4-3-5-7-8;1-4(2)5(6)7-3/h3-9H2,1-2H3;2-7H,1H2;1H2,2-3H3.